The molecule has 1 spiro atoms. The number of methoxy groups -OCH3 is 2. The first-order valence-corrected chi connectivity index (χ1v) is 13.8. The summed E-state index contributed by atoms with van der Waals surface area (Å²) in [5, 5.41) is 2.32. The second-order valence-corrected chi connectivity index (χ2v) is 14.8. The number of epoxide rings is 1. The zero-order chi connectivity index (χ0) is 24.5. The van der Waals surface area contributed by atoms with E-state index in [0.717, 1.165) is 0 Å². The Labute approximate surface area is 204 Å². The van der Waals surface area contributed by atoms with Gasteiger partial charge in [-0.2, -0.15) is 0 Å². The summed E-state index contributed by atoms with van der Waals surface area (Å²) >= 11 is 0. The SMILES string of the molecule is COCO[C@@H]1[C@@H](CO[Si](c2ccccc2)(c2ccccc2)C(C)(C)C)O[C@](C)(OC)C[C@@]12CO2. The van der Waals surface area contributed by atoms with Crippen molar-refractivity contribution in [3.8, 4) is 0 Å². The summed E-state index contributed by atoms with van der Waals surface area (Å²) in [6.45, 7) is 9.89. The Kier molecular flexibility index (Phi) is 7.36. The van der Waals surface area contributed by atoms with Crippen LogP contribution in [-0.2, 0) is 28.1 Å². The van der Waals surface area contributed by atoms with E-state index >= 15 is 0 Å². The molecule has 0 saturated carbocycles. The van der Waals surface area contributed by atoms with Crippen LogP contribution in [0.3, 0.4) is 0 Å². The van der Waals surface area contributed by atoms with Gasteiger partial charge in [0, 0.05) is 20.6 Å². The molecular weight excluding hydrogens is 448 g/mol. The fourth-order valence-electron chi connectivity index (χ4n) is 5.38. The Balaban J connectivity index is 1.73. The van der Waals surface area contributed by atoms with Crippen LogP contribution in [0.2, 0.25) is 5.04 Å². The average Bonchev–Trinajstić information content (AvgIpc) is 3.58. The van der Waals surface area contributed by atoms with E-state index in [-0.39, 0.29) is 24.0 Å². The summed E-state index contributed by atoms with van der Waals surface area (Å²) in [5.41, 5.74) is -0.443. The maximum absolute atomic E-state index is 7.16. The number of hydrogen-bond acceptors (Lipinski definition) is 6. The van der Waals surface area contributed by atoms with E-state index in [9.17, 15) is 0 Å². The molecule has 0 aromatic heterocycles. The molecule has 0 radical (unpaired) electrons. The number of ether oxygens (including phenoxy) is 5. The van der Waals surface area contributed by atoms with Crippen molar-refractivity contribution >= 4 is 18.7 Å². The van der Waals surface area contributed by atoms with E-state index in [4.69, 9.17) is 28.1 Å². The lowest BCUT2D eigenvalue weighted by molar-refractivity contribution is -0.311. The third-order valence-corrected chi connectivity index (χ3v) is 12.1. The van der Waals surface area contributed by atoms with Crippen LogP contribution in [0.5, 0.6) is 0 Å². The third-order valence-electron chi connectivity index (χ3n) is 7.07. The minimum atomic E-state index is -2.73. The molecule has 186 valence electrons. The van der Waals surface area contributed by atoms with Gasteiger partial charge in [0.15, 0.2) is 5.79 Å². The molecule has 2 aliphatic heterocycles. The van der Waals surface area contributed by atoms with Crippen molar-refractivity contribution in [2.75, 3.05) is 34.2 Å². The molecule has 4 rings (SSSR count). The van der Waals surface area contributed by atoms with Gasteiger partial charge < -0.3 is 28.1 Å². The van der Waals surface area contributed by atoms with Crippen molar-refractivity contribution in [2.45, 2.75) is 62.8 Å². The molecule has 2 aliphatic rings. The molecule has 4 atom stereocenters. The Hall–Kier alpha value is -1.58. The fraction of sp³-hybridized carbons (Fsp3) is 0.556. The molecule has 0 bridgehead atoms. The molecular formula is C27H38O6Si. The largest absolute Gasteiger partial charge is 0.405 e. The zero-order valence-corrected chi connectivity index (χ0v) is 22.2. The highest BCUT2D eigenvalue weighted by Gasteiger charge is 2.64. The molecule has 2 heterocycles. The van der Waals surface area contributed by atoms with E-state index in [1.54, 1.807) is 14.2 Å². The Morgan fingerprint density at radius 1 is 0.971 bits per heavy atom. The standard InChI is InChI=1S/C27H38O6Si/c1-25(2,3)34(21-13-9-7-10-14-21,22-15-11-8-12-16-22)32-17-23-24(30-20-28-5)27(19-31-27)18-26(4,29-6)33-23/h7-16,23-24H,17-20H2,1-6H3/t23-,24-,26+,27-/m1/s1. The summed E-state index contributed by atoms with van der Waals surface area (Å²) in [5.74, 6) is -0.775. The van der Waals surface area contributed by atoms with Gasteiger partial charge in [-0.1, -0.05) is 81.4 Å². The average molecular weight is 487 g/mol. The van der Waals surface area contributed by atoms with Crippen molar-refractivity contribution in [1.82, 2.24) is 0 Å². The summed E-state index contributed by atoms with van der Waals surface area (Å²) < 4.78 is 36.8. The van der Waals surface area contributed by atoms with Gasteiger partial charge in [0.1, 0.15) is 24.6 Å². The van der Waals surface area contributed by atoms with Crippen LogP contribution in [-0.4, -0.2) is 66.1 Å². The van der Waals surface area contributed by atoms with E-state index in [0.29, 0.717) is 19.6 Å². The molecule has 0 N–H and O–H groups in total. The predicted molar refractivity (Wildman–Crippen MR) is 134 cm³/mol. The molecule has 2 aromatic rings. The Morgan fingerprint density at radius 3 is 1.97 bits per heavy atom. The van der Waals surface area contributed by atoms with E-state index in [2.05, 4.69) is 69.3 Å². The molecule has 0 unspecified atom stereocenters. The van der Waals surface area contributed by atoms with Crippen LogP contribution in [0, 0.1) is 0 Å². The lowest BCUT2D eigenvalue weighted by atomic mass is 9.87. The van der Waals surface area contributed by atoms with Crippen LogP contribution < -0.4 is 10.4 Å². The van der Waals surface area contributed by atoms with Gasteiger partial charge in [0.2, 0.25) is 0 Å². The van der Waals surface area contributed by atoms with Gasteiger partial charge in [0.05, 0.1) is 13.2 Å². The summed E-state index contributed by atoms with van der Waals surface area (Å²) in [6, 6.07) is 21.2. The fourth-order valence-corrected chi connectivity index (χ4v) is 9.95. The van der Waals surface area contributed by atoms with E-state index < -0.39 is 19.7 Å². The topological polar surface area (TPSA) is 58.7 Å². The summed E-state index contributed by atoms with van der Waals surface area (Å²) in [7, 11) is 0.570. The molecule has 0 amide bonds. The highest BCUT2D eigenvalue weighted by molar-refractivity contribution is 6.99. The highest BCUT2D eigenvalue weighted by atomic mass is 28.4. The minimum absolute atomic E-state index is 0.133. The minimum Gasteiger partial charge on any atom is -0.405 e. The van der Waals surface area contributed by atoms with Crippen molar-refractivity contribution in [2.24, 2.45) is 0 Å². The smallest absolute Gasteiger partial charge is 0.261 e. The van der Waals surface area contributed by atoms with Gasteiger partial charge in [-0.3, -0.25) is 0 Å². The van der Waals surface area contributed by atoms with Gasteiger partial charge >= 0.3 is 0 Å². The maximum atomic E-state index is 7.16. The second kappa shape index (κ2) is 9.82. The number of benzene rings is 2. The lowest BCUT2D eigenvalue weighted by Gasteiger charge is -2.48. The van der Waals surface area contributed by atoms with E-state index in [1.165, 1.54) is 10.4 Å². The Bertz CT molecular complexity index is 888. The normalized spacial score (nSPS) is 29.4. The van der Waals surface area contributed by atoms with Gasteiger partial charge in [0.25, 0.3) is 8.32 Å². The molecule has 7 heteroatoms. The van der Waals surface area contributed by atoms with Crippen molar-refractivity contribution in [3.63, 3.8) is 0 Å². The summed E-state index contributed by atoms with van der Waals surface area (Å²) in [6.07, 6.45) is -0.0903. The van der Waals surface area contributed by atoms with Crippen molar-refractivity contribution < 1.29 is 28.1 Å². The van der Waals surface area contributed by atoms with Crippen LogP contribution in [0.4, 0.5) is 0 Å². The van der Waals surface area contributed by atoms with Crippen LogP contribution >= 0.6 is 0 Å². The van der Waals surface area contributed by atoms with Gasteiger partial charge in [-0.05, 0) is 22.3 Å². The number of hydrogen-bond donors (Lipinski definition) is 0. The first kappa shape index (κ1) is 25.5. The Morgan fingerprint density at radius 2 is 1.53 bits per heavy atom. The van der Waals surface area contributed by atoms with Crippen LogP contribution in [0.1, 0.15) is 34.1 Å². The van der Waals surface area contributed by atoms with Crippen LogP contribution in [0.15, 0.2) is 60.7 Å². The third kappa shape index (κ3) is 4.75. The second-order valence-electron chi connectivity index (χ2n) is 10.5. The first-order valence-electron chi connectivity index (χ1n) is 11.9. The molecule has 34 heavy (non-hydrogen) atoms. The maximum Gasteiger partial charge on any atom is 0.261 e. The van der Waals surface area contributed by atoms with Crippen LogP contribution in [0.25, 0.3) is 0 Å². The highest BCUT2D eigenvalue weighted by Crippen LogP contribution is 2.48. The monoisotopic (exact) mass is 486 g/mol. The molecule has 6 nitrogen and oxygen atoms in total. The van der Waals surface area contributed by atoms with Gasteiger partial charge in [-0.15, -0.1) is 0 Å². The zero-order valence-electron chi connectivity index (χ0n) is 21.2. The van der Waals surface area contributed by atoms with Crippen molar-refractivity contribution in [1.29, 1.82) is 0 Å². The molecule has 2 saturated heterocycles. The molecule has 2 fully saturated rings. The predicted octanol–water partition coefficient (Wildman–Crippen LogP) is 3.47. The van der Waals surface area contributed by atoms with E-state index in [1.807, 2.05) is 19.1 Å². The van der Waals surface area contributed by atoms with Gasteiger partial charge in [-0.25, -0.2) is 0 Å². The molecule has 0 aliphatic carbocycles. The van der Waals surface area contributed by atoms with Crippen molar-refractivity contribution in [3.05, 3.63) is 60.7 Å². The molecule has 2 aromatic carbocycles. The number of rotatable bonds is 9. The summed E-state index contributed by atoms with van der Waals surface area (Å²) in [4.78, 5) is 0. The lowest BCUT2D eigenvalue weighted by Crippen LogP contribution is -2.68. The first-order chi connectivity index (χ1) is 16.2. The quantitative estimate of drug-likeness (QED) is 0.307.